The van der Waals surface area contributed by atoms with Crippen molar-refractivity contribution in [2.24, 2.45) is 5.92 Å². The highest BCUT2D eigenvalue weighted by Crippen LogP contribution is 2.27. The van der Waals surface area contributed by atoms with E-state index in [2.05, 4.69) is 41.8 Å². The second-order valence-electron chi connectivity index (χ2n) is 6.84. The number of pyridine rings is 1. The molecule has 140 valence electrons. The van der Waals surface area contributed by atoms with E-state index >= 15 is 0 Å². The maximum atomic E-state index is 13.0. The Morgan fingerprint density at radius 1 is 1.15 bits per heavy atom. The predicted octanol–water partition coefficient (Wildman–Crippen LogP) is 4.61. The summed E-state index contributed by atoms with van der Waals surface area (Å²) in [6.07, 6.45) is 0.798. The number of fused-ring (bicyclic) bond motifs is 1. The number of aromatic nitrogens is 1. The van der Waals surface area contributed by atoms with E-state index in [-0.39, 0.29) is 11.3 Å². The third-order valence-electron chi connectivity index (χ3n) is 4.40. The van der Waals surface area contributed by atoms with Crippen molar-refractivity contribution in [1.82, 2.24) is 4.57 Å². The van der Waals surface area contributed by atoms with Crippen LogP contribution in [-0.2, 0) is 6.54 Å². The van der Waals surface area contributed by atoms with Crippen molar-refractivity contribution in [3.8, 4) is 5.75 Å². The van der Waals surface area contributed by atoms with Gasteiger partial charge in [-0.05, 0) is 71.3 Å². The third-order valence-corrected chi connectivity index (χ3v) is 5.12. The average molecular weight is 476 g/mol. The van der Waals surface area contributed by atoms with Crippen molar-refractivity contribution in [2.45, 2.75) is 26.8 Å². The van der Waals surface area contributed by atoms with Gasteiger partial charge in [-0.15, -0.1) is 0 Å². The van der Waals surface area contributed by atoms with E-state index in [9.17, 15) is 14.7 Å². The Morgan fingerprint density at radius 3 is 2.48 bits per heavy atom. The van der Waals surface area contributed by atoms with Gasteiger partial charge in [0.15, 0.2) is 0 Å². The van der Waals surface area contributed by atoms with Gasteiger partial charge in [-0.1, -0.05) is 26.0 Å². The lowest BCUT2D eigenvalue weighted by atomic mass is 10.1. The minimum absolute atomic E-state index is 0.226. The Morgan fingerprint density at radius 2 is 1.81 bits per heavy atom. The molecule has 0 saturated heterocycles. The zero-order valence-corrected chi connectivity index (χ0v) is 17.4. The first-order chi connectivity index (χ1) is 12.9. The topological polar surface area (TPSA) is 71.3 Å². The number of benzene rings is 2. The minimum Gasteiger partial charge on any atom is -0.506 e. The molecule has 5 nitrogen and oxygen atoms in total. The number of nitrogens with zero attached hydrogens (tertiary/aromatic N) is 1. The van der Waals surface area contributed by atoms with E-state index in [1.54, 1.807) is 34.9 Å². The van der Waals surface area contributed by atoms with E-state index in [1.165, 1.54) is 0 Å². The van der Waals surface area contributed by atoms with Gasteiger partial charge in [0.2, 0.25) is 0 Å². The van der Waals surface area contributed by atoms with Gasteiger partial charge in [-0.3, -0.25) is 9.59 Å². The third kappa shape index (κ3) is 4.16. The molecule has 0 radical (unpaired) electrons. The molecule has 0 fully saturated rings. The van der Waals surface area contributed by atoms with Gasteiger partial charge in [0, 0.05) is 21.2 Å². The molecule has 1 aromatic heterocycles. The number of nitrogens with one attached hydrogen (secondary N) is 1. The molecular formula is C21H21IN2O3. The standard InChI is InChI=1S/C21H21IN2O3/c1-13(2)11-12-24-17-6-4-3-5-16(17)19(25)18(21(24)27)20(26)23-15-9-7-14(22)8-10-15/h3-10,13,25H,11-12H2,1-2H3,(H,23,26). The summed E-state index contributed by atoms with van der Waals surface area (Å²) in [6.45, 7) is 4.65. The molecule has 1 heterocycles. The van der Waals surface area contributed by atoms with E-state index in [1.807, 2.05) is 18.2 Å². The van der Waals surface area contributed by atoms with Crippen molar-refractivity contribution in [2.75, 3.05) is 5.32 Å². The summed E-state index contributed by atoms with van der Waals surface area (Å²) in [4.78, 5) is 25.8. The molecule has 0 spiro atoms. The number of para-hydroxylation sites is 1. The number of amides is 1. The summed E-state index contributed by atoms with van der Waals surface area (Å²) in [5, 5.41) is 13.9. The molecule has 0 unspecified atom stereocenters. The van der Waals surface area contributed by atoms with Crippen molar-refractivity contribution in [3.63, 3.8) is 0 Å². The largest absolute Gasteiger partial charge is 0.506 e. The Kier molecular flexibility index (Phi) is 5.84. The summed E-state index contributed by atoms with van der Waals surface area (Å²) in [5.74, 6) is -0.476. The number of carbonyl (C=O) groups excluding carboxylic acids is 1. The number of halogens is 1. The molecule has 2 N–H and O–H groups in total. The zero-order valence-electron chi connectivity index (χ0n) is 15.2. The lowest BCUT2D eigenvalue weighted by Crippen LogP contribution is -2.30. The highest BCUT2D eigenvalue weighted by molar-refractivity contribution is 14.1. The van der Waals surface area contributed by atoms with Crippen molar-refractivity contribution in [3.05, 3.63) is 68.0 Å². The highest BCUT2D eigenvalue weighted by atomic mass is 127. The summed E-state index contributed by atoms with van der Waals surface area (Å²) < 4.78 is 2.62. The molecule has 3 aromatic rings. The van der Waals surface area contributed by atoms with Crippen molar-refractivity contribution in [1.29, 1.82) is 0 Å². The normalized spacial score (nSPS) is 11.1. The fraction of sp³-hybridized carbons (Fsp3) is 0.238. The van der Waals surface area contributed by atoms with Crippen LogP contribution >= 0.6 is 22.6 Å². The van der Waals surface area contributed by atoms with Crippen LogP contribution in [0.5, 0.6) is 5.75 Å². The summed E-state index contributed by atoms with van der Waals surface area (Å²) in [6, 6.07) is 14.3. The fourth-order valence-electron chi connectivity index (χ4n) is 2.93. The number of hydrogen-bond donors (Lipinski definition) is 2. The minimum atomic E-state index is -0.609. The fourth-order valence-corrected chi connectivity index (χ4v) is 3.29. The van der Waals surface area contributed by atoms with Crippen molar-refractivity contribution < 1.29 is 9.90 Å². The van der Waals surface area contributed by atoms with Gasteiger partial charge < -0.3 is 15.0 Å². The summed E-state index contributed by atoms with van der Waals surface area (Å²) in [5.41, 5.74) is 0.499. The number of hydrogen-bond acceptors (Lipinski definition) is 3. The summed E-state index contributed by atoms with van der Waals surface area (Å²) in [7, 11) is 0. The molecule has 6 heteroatoms. The first kappa shape index (κ1) is 19.4. The lowest BCUT2D eigenvalue weighted by molar-refractivity contribution is 0.102. The quantitative estimate of drug-likeness (QED) is 0.529. The predicted molar refractivity (Wildman–Crippen MR) is 116 cm³/mol. The van der Waals surface area contributed by atoms with Gasteiger partial charge in [0.05, 0.1) is 5.52 Å². The number of aromatic hydroxyl groups is 1. The zero-order chi connectivity index (χ0) is 19.6. The average Bonchev–Trinajstić information content (AvgIpc) is 2.63. The molecule has 2 aromatic carbocycles. The monoisotopic (exact) mass is 476 g/mol. The van der Waals surface area contributed by atoms with Crippen LogP contribution in [0.4, 0.5) is 5.69 Å². The van der Waals surface area contributed by atoms with Crippen LogP contribution < -0.4 is 10.9 Å². The van der Waals surface area contributed by atoms with Crippen LogP contribution in [0.25, 0.3) is 10.9 Å². The Bertz CT molecular complexity index is 1040. The Hall–Kier alpha value is -2.35. The molecule has 27 heavy (non-hydrogen) atoms. The van der Waals surface area contributed by atoms with Crippen LogP contribution in [0.2, 0.25) is 0 Å². The highest BCUT2D eigenvalue weighted by Gasteiger charge is 2.22. The molecular weight excluding hydrogens is 455 g/mol. The maximum absolute atomic E-state index is 13.0. The van der Waals surface area contributed by atoms with E-state index < -0.39 is 11.5 Å². The molecule has 0 aliphatic carbocycles. The molecule has 0 atom stereocenters. The first-order valence-corrected chi connectivity index (χ1v) is 9.87. The molecule has 3 rings (SSSR count). The van der Waals surface area contributed by atoms with Crippen LogP contribution in [0, 0.1) is 9.49 Å². The molecule has 0 aliphatic heterocycles. The second kappa shape index (κ2) is 8.12. The second-order valence-corrected chi connectivity index (χ2v) is 8.09. The molecule has 0 aliphatic rings. The van der Waals surface area contributed by atoms with E-state index in [0.717, 1.165) is 9.99 Å². The Labute approximate surface area is 171 Å². The molecule has 0 saturated carbocycles. The smallest absolute Gasteiger partial charge is 0.267 e. The van der Waals surface area contributed by atoms with Crippen LogP contribution in [0.15, 0.2) is 53.3 Å². The Balaban J connectivity index is 2.09. The van der Waals surface area contributed by atoms with Crippen LogP contribution in [0.1, 0.15) is 30.6 Å². The molecule has 1 amide bonds. The van der Waals surface area contributed by atoms with Gasteiger partial charge in [0.25, 0.3) is 11.5 Å². The lowest BCUT2D eigenvalue weighted by Gasteiger charge is -2.16. The van der Waals surface area contributed by atoms with Gasteiger partial charge in [0.1, 0.15) is 11.3 Å². The number of anilines is 1. The first-order valence-electron chi connectivity index (χ1n) is 8.80. The van der Waals surface area contributed by atoms with Gasteiger partial charge in [-0.25, -0.2) is 0 Å². The van der Waals surface area contributed by atoms with Crippen molar-refractivity contribution >= 4 is 45.1 Å². The summed E-state index contributed by atoms with van der Waals surface area (Å²) >= 11 is 2.17. The van der Waals surface area contributed by atoms with Gasteiger partial charge in [-0.2, -0.15) is 0 Å². The van der Waals surface area contributed by atoms with E-state index in [4.69, 9.17) is 0 Å². The van der Waals surface area contributed by atoms with Crippen LogP contribution in [-0.4, -0.2) is 15.6 Å². The SMILES string of the molecule is CC(C)CCn1c(=O)c(C(=O)Nc2ccc(I)cc2)c(O)c2ccccc21. The number of carbonyl (C=O) groups is 1. The van der Waals surface area contributed by atoms with Crippen LogP contribution in [0.3, 0.4) is 0 Å². The molecule has 0 bridgehead atoms. The van der Waals surface area contributed by atoms with Gasteiger partial charge >= 0.3 is 0 Å². The number of aryl methyl sites for hydroxylation is 1. The number of rotatable bonds is 5. The maximum Gasteiger partial charge on any atom is 0.267 e. The van der Waals surface area contributed by atoms with E-state index in [0.29, 0.717) is 29.1 Å².